The van der Waals surface area contributed by atoms with Crippen molar-refractivity contribution in [1.29, 1.82) is 0 Å². The number of nitrogens with zero attached hydrogens (tertiary/aromatic N) is 2. The summed E-state index contributed by atoms with van der Waals surface area (Å²) in [4.78, 5) is 13.3. The molecule has 1 aromatic rings. The molecular weight excluding hydrogens is 156 g/mol. The van der Waals surface area contributed by atoms with E-state index in [2.05, 4.69) is 5.16 Å². The van der Waals surface area contributed by atoms with Gasteiger partial charge < -0.3 is 4.52 Å². The fourth-order valence-corrected chi connectivity index (χ4v) is 1.51. The molecule has 0 spiro atoms. The highest BCUT2D eigenvalue weighted by Crippen LogP contribution is 2.20. The summed E-state index contributed by atoms with van der Waals surface area (Å²) in [6.45, 7) is 2.95. The minimum Gasteiger partial charge on any atom is -0.359 e. The second kappa shape index (κ2) is 2.42. The summed E-state index contributed by atoms with van der Waals surface area (Å²) in [5.41, 5.74) is 1.40. The summed E-state index contributed by atoms with van der Waals surface area (Å²) in [5.74, 6) is 0.809. The Morgan fingerprint density at radius 2 is 2.25 bits per heavy atom. The smallest absolute Gasteiger partial charge is 0.182 e. The highest BCUT2D eigenvalue weighted by molar-refractivity contribution is 6.00. The maximum atomic E-state index is 11.4. The number of carbonyl (C=O) groups is 1. The van der Waals surface area contributed by atoms with Gasteiger partial charge in [0.25, 0.3) is 0 Å². The van der Waals surface area contributed by atoms with Crippen molar-refractivity contribution in [1.82, 2.24) is 10.1 Å². The Hall–Kier alpha value is -1.16. The zero-order valence-electron chi connectivity index (χ0n) is 7.13. The zero-order valence-corrected chi connectivity index (χ0v) is 7.13. The van der Waals surface area contributed by atoms with Crippen LogP contribution in [0.2, 0.25) is 0 Å². The molecule has 0 aliphatic carbocycles. The van der Waals surface area contributed by atoms with Gasteiger partial charge in [-0.25, -0.2) is 0 Å². The number of Topliss-reactive ketones (excluding diaryl/α,β-unsaturated/α-hetero) is 1. The molecule has 0 saturated heterocycles. The molecule has 0 N–H and O–H groups in total. The highest BCUT2D eigenvalue weighted by atomic mass is 16.5. The number of rotatable bonds is 0. The molecular formula is C8H10N2O2. The van der Waals surface area contributed by atoms with Crippen molar-refractivity contribution in [2.45, 2.75) is 13.5 Å². The van der Waals surface area contributed by atoms with Crippen LogP contribution in [0.3, 0.4) is 0 Å². The monoisotopic (exact) mass is 166 g/mol. The molecule has 0 bridgehead atoms. The summed E-state index contributed by atoms with van der Waals surface area (Å²) in [7, 11) is 1.89. The summed E-state index contributed by atoms with van der Waals surface area (Å²) in [6, 6.07) is 0. The third-order valence-electron chi connectivity index (χ3n) is 2.04. The lowest BCUT2D eigenvalue weighted by Crippen LogP contribution is -2.31. The zero-order chi connectivity index (χ0) is 8.72. The third-order valence-corrected chi connectivity index (χ3v) is 2.04. The lowest BCUT2D eigenvalue weighted by molar-refractivity contribution is 0.0910. The number of fused-ring (bicyclic) bond motifs is 1. The first kappa shape index (κ1) is 7.49. The van der Waals surface area contributed by atoms with Crippen LogP contribution in [0.25, 0.3) is 0 Å². The summed E-state index contributed by atoms with van der Waals surface area (Å²) in [6.07, 6.45) is 0. The van der Waals surface area contributed by atoms with Crippen molar-refractivity contribution in [3.63, 3.8) is 0 Å². The van der Waals surface area contributed by atoms with Crippen LogP contribution >= 0.6 is 0 Å². The topological polar surface area (TPSA) is 46.3 Å². The third kappa shape index (κ3) is 0.956. The van der Waals surface area contributed by atoms with Crippen LogP contribution in [-0.2, 0) is 6.54 Å². The Morgan fingerprint density at radius 1 is 1.50 bits per heavy atom. The molecule has 1 aromatic heterocycles. The van der Waals surface area contributed by atoms with E-state index in [1.807, 2.05) is 11.9 Å². The normalized spacial score (nSPS) is 18.0. The summed E-state index contributed by atoms with van der Waals surface area (Å²) >= 11 is 0. The average molecular weight is 166 g/mol. The van der Waals surface area contributed by atoms with Gasteiger partial charge in [0, 0.05) is 0 Å². The fraction of sp³-hybridized carbons (Fsp3) is 0.500. The average Bonchev–Trinajstić information content (AvgIpc) is 2.31. The second-order valence-electron chi connectivity index (χ2n) is 3.16. The van der Waals surface area contributed by atoms with E-state index in [1.165, 1.54) is 0 Å². The van der Waals surface area contributed by atoms with Crippen LogP contribution in [0, 0.1) is 6.92 Å². The molecule has 4 nitrogen and oxygen atoms in total. The molecule has 2 rings (SSSR count). The number of aromatic nitrogens is 1. The standard InChI is InChI=1S/C8H10N2O2/c1-5-8-6(11)3-10(2)4-7(8)12-9-5/h3-4H2,1-2H3. The lowest BCUT2D eigenvalue weighted by atomic mass is 10.1. The first-order valence-corrected chi connectivity index (χ1v) is 3.85. The molecule has 64 valence electrons. The van der Waals surface area contributed by atoms with Crippen molar-refractivity contribution in [2.75, 3.05) is 13.6 Å². The predicted octanol–water partition coefficient (Wildman–Crippen LogP) is 0.611. The van der Waals surface area contributed by atoms with Gasteiger partial charge in [-0.2, -0.15) is 0 Å². The van der Waals surface area contributed by atoms with Crippen molar-refractivity contribution in [2.24, 2.45) is 0 Å². The first-order valence-electron chi connectivity index (χ1n) is 3.85. The quantitative estimate of drug-likeness (QED) is 0.566. The van der Waals surface area contributed by atoms with E-state index in [0.717, 1.165) is 0 Å². The molecule has 12 heavy (non-hydrogen) atoms. The maximum Gasteiger partial charge on any atom is 0.182 e. The van der Waals surface area contributed by atoms with Gasteiger partial charge in [0.05, 0.1) is 24.3 Å². The van der Waals surface area contributed by atoms with Crippen LogP contribution in [0.4, 0.5) is 0 Å². The SMILES string of the molecule is Cc1noc2c1C(=O)CN(C)C2. The van der Waals surface area contributed by atoms with E-state index >= 15 is 0 Å². The Labute approximate surface area is 70.1 Å². The maximum absolute atomic E-state index is 11.4. The number of hydrogen-bond acceptors (Lipinski definition) is 4. The van der Waals surface area contributed by atoms with E-state index in [4.69, 9.17) is 4.52 Å². The Balaban J connectivity index is 2.50. The van der Waals surface area contributed by atoms with Crippen molar-refractivity contribution < 1.29 is 9.32 Å². The van der Waals surface area contributed by atoms with Gasteiger partial charge in [0.1, 0.15) is 0 Å². The van der Waals surface area contributed by atoms with Gasteiger partial charge in [0.2, 0.25) is 0 Å². The largest absolute Gasteiger partial charge is 0.359 e. The number of carbonyl (C=O) groups excluding carboxylic acids is 1. The lowest BCUT2D eigenvalue weighted by Gasteiger charge is -2.18. The van der Waals surface area contributed by atoms with E-state index in [-0.39, 0.29) is 5.78 Å². The van der Waals surface area contributed by atoms with Gasteiger partial charge in [-0.15, -0.1) is 0 Å². The van der Waals surface area contributed by atoms with Crippen molar-refractivity contribution in [3.05, 3.63) is 17.0 Å². The number of hydrogen-bond donors (Lipinski definition) is 0. The number of likely N-dealkylation sites (N-methyl/N-ethyl adjacent to an activating group) is 1. The molecule has 1 aliphatic heterocycles. The minimum absolute atomic E-state index is 0.109. The molecule has 1 aliphatic rings. The molecule has 0 fully saturated rings. The number of ketones is 1. The molecule has 0 aromatic carbocycles. The first-order chi connectivity index (χ1) is 5.68. The highest BCUT2D eigenvalue weighted by Gasteiger charge is 2.26. The van der Waals surface area contributed by atoms with Crippen LogP contribution in [0.5, 0.6) is 0 Å². The molecule has 0 atom stereocenters. The van der Waals surface area contributed by atoms with Gasteiger partial charge in [-0.1, -0.05) is 5.16 Å². The van der Waals surface area contributed by atoms with E-state index in [0.29, 0.717) is 30.1 Å². The van der Waals surface area contributed by atoms with Crippen LogP contribution in [0.1, 0.15) is 21.8 Å². The minimum atomic E-state index is 0.109. The molecule has 0 amide bonds. The van der Waals surface area contributed by atoms with Gasteiger partial charge >= 0.3 is 0 Å². The van der Waals surface area contributed by atoms with E-state index in [1.54, 1.807) is 6.92 Å². The predicted molar refractivity (Wildman–Crippen MR) is 41.9 cm³/mol. The molecule has 2 heterocycles. The van der Waals surface area contributed by atoms with Gasteiger partial charge in [-0.05, 0) is 14.0 Å². The van der Waals surface area contributed by atoms with Crippen molar-refractivity contribution >= 4 is 5.78 Å². The number of aryl methyl sites for hydroxylation is 1. The van der Waals surface area contributed by atoms with Crippen LogP contribution < -0.4 is 0 Å². The van der Waals surface area contributed by atoms with Crippen LogP contribution in [0.15, 0.2) is 4.52 Å². The molecule has 0 radical (unpaired) electrons. The molecule has 4 heteroatoms. The summed E-state index contributed by atoms with van der Waals surface area (Å²) in [5, 5.41) is 3.76. The van der Waals surface area contributed by atoms with E-state index < -0.39 is 0 Å². The Bertz CT molecular complexity index is 330. The van der Waals surface area contributed by atoms with Gasteiger partial charge in [0.15, 0.2) is 11.5 Å². The second-order valence-corrected chi connectivity index (χ2v) is 3.16. The summed E-state index contributed by atoms with van der Waals surface area (Å²) < 4.78 is 5.02. The fourth-order valence-electron chi connectivity index (χ4n) is 1.51. The van der Waals surface area contributed by atoms with Crippen molar-refractivity contribution in [3.8, 4) is 0 Å². The van der Waals surface area contributed by atoms with Gasteiger partial charge in [-0.3, -0.25) is 9.69 Å². The molecule has 0 saturated carbocycles. The molecule has 0 unspecified atom stereocenters. The Morgan fingerprint density at radius 3 is 3.00 bits per heavy atom. The Kier molecular flexibility index (Phi) is 1.51. The van der Waals surface area contributed by atoms with Crippen LogP contribution in [-0.4, -0.2) is 29.4 Å². The van der Waals surface area contributed by atoms with E-state index in [9.17, 15) is 4.79 Å².